The highest BCUT2D eigenvalue weighted by molar-refractivity contribution is 6.32. The van der Waals surface area contributed by atoms with Gasteiger partial charge in [0.25, 0.3) is 5.56 Å². The van der Waals surface area contributed by atoms with Gasteiger partial charge in [-0.15, -0.1) is 0 Å². The molecule has 3 aliphatic rings. The number of fused-ring (bicyclic) bond motifs is 5. The van der Waals surface area contributed by atoms with Gasteiger partial charge in [0.15, 0.2) is 11.5 Å². The molecule has 300 valence electrons. The number of methoxy groups -OCH3 is 2. The summed E-state index contributed by atoms with van der Waals surface area (Å²) in [6, 6.07) is 22.3. The summed E-state index contributed by atoms with van der Waals surface area (Å²) in [4.78, 5) is 78.3. The molecule has 59 heavy (non-hydrogen) atoms. The molecule has 0 spiro atoms. The van der Waals surface area contributed by atoms with Gasteiger partial charge in [-0.3, -0.25) is 14.4 Å². The van der Waals surface area contributed by atoms with Crippen molar-refractivity contribution in [2.45, 2.75) is 43.3 Å². The number of hydrogen-bond donors (Lipinski definition) is 1. The fourth-order valence-electron chi connectivity index (χ4n) is 9.44. The number of carbonyl (C=O) groups is 2. The molecule has 1 N–H and O–H groups in total. The van der Waals surface area contributed by atoms with Gasteiger partial charge in [0.05, 0.1) is 54.9 Å². The second-order valence-corrected chi connectivity index (χ2v) is 15.7. The molecular formula is C43H36Cl2N6O8. The number of anilines is 1. The van der Waals surface area contributed by atoms with Crippen LogP contribution in [0.2, 0.25) is 10.0 Å². The molecule has 0 radical (unpaired) electrons. The molecule has 2 aliphatic heterocycles. The summed E-state index contributed by atoms with van der Waals surface area (Å²) in [5.74, 6) is -2.48. The zero-order valence-electron chi connectivity index (χ0n) is 32.0. The summed E-state index contributed by atoms with van der Waals surface area (Å²) in [6.07, 6.45) is 1.70. The highest BCUT2D eigenvalue weighted by Gasteiger charge is 2.69. The molecule has 2 aromatic heterocycles. The van der Waals surface area contributed by atoms with Crippen molar-refractivity contribution in [1.29, 1.82) is 0 Å². The third-order valence-electron chi connectivity index (χ3n) is 12.0. The number of carbonyl (C=O) groups excluding carboxylic acids is 2. The van der Waals surface area contributed by atoms with E-state index in [0.717, 1.165) is 9.47 Å². The molecule has 16 heteroatoms. The predicted octanol–water partition coefficient (Wildman–Crippen LogP) is 5.13. The molecule has 4 unspecified atom stereocenters. The quantitative estimate of drug-likeness (QED) is 0.162. The van der Waals surface area contributed by atoms with Gasteiger partial charge in [0.2, 0.25) is 11.8 Å². The van der Waals surface area contributed by atoms with E-state index in [-0.39, 0.29) is 53.6 Å². The van der Waals surface area contributed by atoms with Crippen molar-refractivity contribution in [3.8, 4) is 17.2 Å². The number of phenols is 1. The number of phenolic OH excluding ortho intramolecular Hbond substituents is 1. The third kappa shape index (κ3) is 5.60. The predicted molar refractivity (Wildman–Crippen MR) is 220 cm³/mol. The number of aromatic hydroxyl groups is 1. The Morgan fingerprint density at radius 1 is 0.864 bits per heavy atom. The average molecular weight is 836 g/mol. The van der Waals surface area contributed by atoms with Crippen LogP contribution in [0.15, 0.2) is 111 Å². The normalized spacial score (nSPS) is 20.9. The van der Waals surface area contributed by atoms with E-state index in [4.69, 9.17) is 32.7 Å². The van der Waals surface area contributed by atoms with Crippen LogP contribution in [0.4, 0.5) is 5.69 Å². The number of rotatable bonds is 8. The standard InChI is InChI=1S/C43H36Cl2N6O8/c1-47-33-22-36(59-3)35(58-2)21-31(33)46-30(39(47)54)15-16-48-41(56)49-17-14-27-32(51(49)42(48)57)20-29-38(53)50(26-11-7-10-24(44)18-26)40(55)43(29,23-8-5-4-6-9-23)37(27)28-19-25(45)12-13-34(28)52/h4-14,18-19,21-22,29,32,37,52H,15-17,20H2,1-3H3. The molecule has 2 amide bonds. The Labute approximate surface area is 345 Å². The lowest BCUT2D eigenvalue weighted by molar-refractivity contribution is -0.124. The maximum atomic E-state index is 15.4. The van der Waals surface area contributed by atoms with E-state index in [0.29, 0.717) is 38.7 Å². The van der Waals surface area contributed by atoms with Crippen molar-refractivity contribution in [2.75, 3.05) is 19.1 Å². The largest absolute Gasteiger partial charge is 0.508 e. The Hall–Kier alpha value is -6.38. The first-order chi connectivity index (χ1) is 28.4. The van der Waals surface area contributed by atoms with E-state index in [1.165, 1.54) is 40.3 Å². The number of ether oxygens (including phenoxy) is 2. The third-order valence-corrected chi connectivity index (χ3v) is 12.5. The van der Waals surface area contributed by atoms with Gasteiger partial charge < -0.3 is 19.1 Å². The Balaban J connectivity index is 1.19. The van der Waals surface area contributed by atoms with Crippen LogP contribution in [-0.2, 0) is 41.6 Å². The van der Waals surface area contributed by atoms with Crippen LogP contribution in [-0.4, -0.2) is 54.6 Å². The second-order valence-electron chi connectivity index (χ2n) is 14.9. The second kappa shape index (κ2) is 14.2. The number of aryl methyl sites for hydroxylation is 2. The Morgan fingerprint density at radius 2 is 1.59 bits per heavy atom. The van der Waals surface area contributed by atoms with Gasteiger partial charge in [-0.1, -0.05) is 65.7 Å². The molecule has 6 aromatic rings. The molecule has 1 saturated heterocycles. The van der Waals surface area contributed by atoms with Gasteiger partial charge in [-0.2, -0.15) is 0 Å². The van der Waals surface area contributed by atoms with Crippen LogP contribution in [0.3, 0.4) is 0 Å². The lowest BCUT2D eigenvalue weighted by atomic mass is 9.53. The number of nitrogens with zero attached hydrogens (tertiary/aromatic N) is 6. The van der Waals surface area contributed by atoms with Gasteiger partial charge in [-0.05, 0) is 54.0 Å². The number of imide groups is 1. The van der Waals surface area contributed by atoms with Gasteiger partial charge >= 0.3 is 11.4 Å². The summed E-state index contributed by atoms with van der Waals surface area (Å²) in [5, 5.41) is 12.2. The first kappa shape index (κ1) is 38.2. The van der Waals surface area contributed by atoms with Crippen molar-refractivity contribution >= 4 is 51.7 Å². The highest BCUT2D eigenvalue weighted by atomic mass is 35.5. The fourth-order valence-corrected chi connectivity index (χ4v) is 9.80. The van der Waals surface area contributed by atoms with E-state index < -0.39 is 52.0 Å². The van der Waals surface area contributed by atoms with Gasteiger partial charge in [0, 0.05) is 53.7 Å². The summed E-state index contributed by atoms with van der Waals surface area (Å²) in [7, 11) is 4.58. The van der Waals surface area contributed by atoms with Crippen molar-refractivity contribution in [1.82, 2.24) is 23.5 Å². The van der Waals surface area contributed by atoms with Gasteiger partial charge in [-0.25, -0.2) is 33.4 Å². The van der Waals surface area contributed by atoms with Crippen LogP contribution in [0.25, 0.3) is 11.0 Å². The number of allylic oxidation sites excluding steroid dienone is 2. The molecule has 1 aliphatic carbocycles. The van der Waals surface area contributed by atoms with Gasteiger partial charge in [0.1, 0.15) is 11.4 Å². The summed E-state index contributed by atoms with van der Waals surface area (Å²) >= 11 is 13.0. The maximum Gasteiger partial charge on any atom is 0.347 e. The smallest absolute Gasteiger partial charge is 0.347 e. The molecule has 4 heterocycles. The number of hydrogen-bond acceptors (Lipinski definition) is 9. The number of amides is 2. The number of halogens is 2. The van der Waals surface area contributed by atoms with E-state index >= 15 is 4.79 Å². The van der Waals surface area contributed by atoms with Crippen LogP contribution >= 0.6 is 23.2 Å². The zero-order valence-corrected chi connectivity index (χ0v) is 33.5. The van der Waals surface area contributed by atoms with Crippen molar-refractivity contribution in [2.24, 2.45) is 13.0 Å². The van der Waals surface area contributed by atoms with Crippen LogP contribution < -0.4 is 31.3 Å². The topological polar surface area (TPSA) is 160 Å². The molecular weight excluding hydrogens is 799 g/mol. The SMILES string of the molecule is COc1cc2nc(CCn3c(=O)n4n(c3=O)C3CC5C(=O)N(c6cccc(Cl)c6)C(=O)C5(c5ccccc5)C(c5cc(Cl)ccc5O)C3=CC4)c(=O)n(C)c2cc1OC. The van der Waals surface area contributed by atoms with E-state index in [1.807, 2.05) is 0 Å². The molecule has 1 saturated carbocycles. The Bertz CT molecular complexity index is 2970. The fraction of sp³-hybridized carbons (Fsp3) is 0.256. The first-order valence-corrected chi connectivity index (χ1v) is 19.6. The van der Waals surface area contributed by atoms with Crippen LogP contribution in [0.1, 0.15) is 35.2 Å². The average Bonchev–Trinajstić information content (AvgIpc) is 3.62. The minimum atomic E-state index is -1.62. The minimum absolute atomic E-state index is 0.0401. The van der Waals surface area contributed by atoms with E-state index in [1.54, 1.807) is 85.9 Å². The Kier molecular flexibility index (Phi) is 9.16. The molecule has 4 atom stereocenters. The molecule has 2 fully saturated rings. The highest BCUT2D eigenvalue weighted by Crippen LogP contribution is 2.63. The summed E-state index contributed by atoms with van der Waals surface area (Å²) in [5.41, 5.74) is -0.575. The lowest BCUT2D eigenvalue weighted by Gasteiger charge is -2.49. The zero-order chi connectivity index (χ0) is 41.5. The molecule has 4 aromatic carbocycles. The van der Waals surface area contributed by atoms with Crippen LogP contribution in [0.5, 0.6) is 17.2 Å². The van der Waals surface area contributed by atoms with Crippen LogP contribution in [0, 0.1) is 5.92 Å². The molecule has 9 rings (SSSR count). The summed E-state index contributed by atoms with van der Waals surface area (Å²) < 4.78 is 16.0. The number of aromatic nitrogens is 5. The lowest BCUT2D eigenvalue weighted by Crippen LogP contribution is -2.53. The molecule has 14 nitrogen and oxygen atoms in total. The maximum absolute atomic E-state index is 15.4. The van der Waals surface area contributed by atoms with Crippen molar-refractivity contribution in [3.05, 3.63) is 155 Å². The monoisotopic (exact) mass is 834 g/mol. The molecule has 0 bridgehead atoms. The first-order valence-electron chi connectivity index (χ1n) is 18.8. The summed E-state index contributed by atoms with van der Waals surface area (Å²) in [6.45, 7) is -0.234. The minimum Gasteiger partial charge on any atom is -0.508 e. The number of benzene rings is 4. The van der Waals surface area contributed by atoms with Crippen molar-refractivity contribution < 1.29 is 24.2 Å². The van der Waals surface area contributed by atoms with E-state index in [2.05, 4.69) is 4.98 Å². The Morgan fingerprint density at radius 3 is 2.32 bits per heavy atom. The van der Waals surface area contributed by atoms with Crippen molar-refractivity contribution in [3.63, 3.8) is 0 Å². The van der Waals surface area contributed by atoms with E-state index in [9.17, 15) is 24.3 Å².